The second-order valence-electron chi connectivity index (χ2n) is 3.63. The summed E-state index contributed by atoms with van der Waals surface area (Å²) in [5, 5.41) is 12.8. The van der Waals surface area contributed by atoms with Crippen molar-refractivity contribution in [1.29, 1.82) is 5.26 Å². The monoisotopic (exact) mass is 259 g/mol. The number of hydrogen-bond acceptors (Lipinski definition) is 6. The molecule has 1 N–H and O–H groups in total. The molecule has 1 aliphatic rings. The van der Waals surface area contributed by atoms with E-state index in [0.717, 1.165) is 16.4 Å². The number of nitrogens with one attached hydrogen (secondary N) is 1. The number of fused-ring (bicyclic) bond motifs is 1. The number of nitriles is 1. The molecule has 0 aliphatic carbocycles. The summed E-state index contributed by atoms with van der Waals surface area (Å²) in [6.45, 7) is 0.239. The van der Waals surface area contributed by atoms with Crippen molar-refractivity contribution in [2.24, 2.45) is 0 Å². The normalized spacial score (nSPS) is 12.2. The molecule has 3 rings (SSSR count). The molecule has 0 radical (unpaired) electrons. The topological polar surface area (TPSA) is 67.2 Å². The Balaban J connectivity index is 2.09. The van der Waals surface area contributed by atoms with Gasteiger partial charge in [0.25, 0.3) is 0 Å². The van der Waals surface area contributed by atoms with E-state index in [1.54, 1.807) is 7.05 Å². The van der Waals surface area contributed by atoms with Crippen LogP contribution >= 0.6 is 11.3 Å². The van der Waals surface area contributed by atoms with Gasteiger partial charge in [0.15, 0.2) is 16.6 Å². The summed E-state index contributed by atoms with van der Waals surface area (Å²) in [7, 11) is 1.78. The van der Waals surface area contributed by atoms with Gasteiger partial charge in [-0.1, -0.05) is 11.3 Å². The summed E-state index contributed by atoms with van der Waals surface area (Å²) in [6, 6.07) is 7.71. The van der Waals surface area contributed by atoms with E-state index in [1.165, 1.54) is 11.3 Å². The van der Waals surface area contributed by atoms with Crippen LogP contribution in [0, 0.1) is 11.3 Å². The third-order valence-corrected chi connectivity index (χ3v) is 3.57. The third kappa shape index (κ3) is 1.65. The van der Waals surface area contributed by atoms with Crippen molar-refractivity contribution in [2.45, 2.75) is 0 Å². The maximum atomic E-state index is 9.12. The van der Waals surface area contributed by atoms with E-state index >= 15 is 0 Å². The van der Waals surface area contributed by atoms with E-state index in [-0.39, 0.29) is 6.79 Å². The minimum atomic E-state index is 0.239. The molecule has 0 saturated carbocycles. The Morgan fingerprint density at radius 3 is 3.00 bits per heavy atom. The molecular formula is C12H9N3O2S. The van der Waals surface area contributed by atoms with Crippen LogP contribution in [0.5, 0.6) is 11.5 Å². The number of ether oxygens (including phenoxy) is 2. The van der Waals surface area contributed by atoms with Crippen LogP contribution in [-0.4, -0.2) is 18.8 Å². The van der Waals surface area contributed by atoms with Gasteiger partial charge in [-0.2, -0.15) is 5.26 Å². The fraction of sp³-hybridized carbons (Fsp3) is 0.167. The molecule has 90 valence electrons. The maximum absolute atomic E-state index is 9.12. The third-order valence-electron chi connectivity index (χ3n) is 2.59. The summed E-state index contributed by atoms with van der Waals surface area (Å²) in [4.78, 5) is 4.97. The van der Waals surface area contributed by atoms with Gasteiger partial charge in [0.2, 0.25) is 6.79 Å². The molecule has 0 saturated heterocycles. The number of nitrogens with zero attached hydrogens (tertiary/aromatic N) is 2. The fourth-order valence-electron chi connectivity index (χ4n) is 1.74. The average Bonchev–Trinajstić information content (AvgIpc) is 3.03. The molecule has 0 atom stereocenters. The second-order valence-corrected chi connectivity index (χ2v) is 4.63. The molecular weight excluding hydrogens is 250 g/mol. The molecule has 1 aromatic carbocycles. The van der Waals surface area contributed by atoms with Gasteiger partial charge in [-0.25, -0.2) is 4.98 Å². The maximum Gasteiger partial charge on any atom is 0.231 e. The molecule has 5 nitrogen and oxygen atoms in total. The van der Waals surface area contributed by atoms with Crippen LogP contribution in [0.3, 0.4) is 0 Å². The first-order valence-corrected chi connectivity index (χ1v) is 6.12. The summed E-state index contributed by atoms with van der Waals surface area (Å²) < 4.78 is 10.6. The van der Waals surface area contributed by atoms with Crippen molar-refractivity contribution in [3.8, 4) is 28.8 Å². The zero-order chi connectivity index (χ0) is 12.5. The number of hydrogen-bond donors (Lipinski definition) is 1. The van der Waals surface area contributed by atoms with Crippen molar-refractivity contribution in [3.63, 3.8) is 0 Å². The first kappa shape index (κ1) is 10.9. The zero-order valence-corrected chi connectivity index (χ0v) is 10.4. The highest BCUT2D eigenvalue weighted by Crippen LogP contribution is 2.38. The number of thiazole rings is 1. The van der Waals surface area contributed by atoms with Gasteiger partial charge in [0.05, 0.1) is 0 Å². The fourth-order valence-corrected chi connectivity index (χ4v) is 2.48. The van der Waals surface area contributed by atoms with Crippen LogP contribution in [0.15, 0.2) is 18.2 Å². The Hall–Kier alpha value is -2.26. The first-order valence-electron chi connectivity index (χ1n) is 5.30. The molecule has 2 aromatic rings. The number of anilines is 1. The largest absolute Gasteiger partial charge is 0.454 e. The molecule has 2 heterocycles. The standard InChI is InChI=1S/C12H9N3O2S/c1-14-12-15-11(10(5-13)18-12)7-2-3-8-9(4-7)17-6-16-8/h2-4H,6H2,1H3,(H,14,15). The van der Waals surface area contributed by atoms with Crippen LogP contribution in [0.25, 0.3) is 11.3 Å². The van der Waals surface area contributed by atoms with Gasteiger partial charge >= 0.3 is 0 Å². The Bertz CT molecular complexity index is 645. The van der Waals surface area contributed by atoms with E-state index in [2.05, 4.69) is 16.4 Å². The van der Waals surface area contributed by atoms with Gasteiger partial charge in [-0.05, 0) is 18.2 Å². The van der Waals surface area contributed by atoms with Gasteiger partial charge in [0, 0.05) is 12.6 Å². The van der Waals surface area contributed by atoms with Crippen molar-refractivity contribution < 1.29 is 9.47 Å². The minimum Gasteiger partial charge on any atom is -0.454 e. The highest BCUT2D eigenvalue weighted by molar-refractivity contribution is 7.16. The van der Waals surface area contributed by atoms with E-state index in [0.29, 0.717) is 16.3 Å². The molecule has 1 aromatic heterocycles. The molecule has 0 fully saturated rings. The van der Waals surface area contributed by atoms with E-state index in [9.17, 15) is 0 Å². The van der Waals surface area contributed by atoms with Gasteiger partial charge in [-0.15, -0.1) is 0 Å². The molecule has 0 spiro atoms. The summed E-state index contributed by atoms with van der Waals surface area (Å²) in [5.74, 6) is 1.41. The molecule has 0 amide bonds. The van der Waals surface area contributed by atoms with Crippen molar-refractivity contribution in [3.05, 3.63) is 23.1 Å². The molecule has 0 bridgehead atoms. The average molecular weight is 259 g/mol. The highest BCUT2D eigenvalue weighted by atomic mass is 32.1. The molecule has 6 heteroatoms. The number of benzene rings is 1. The Labute approximate surface area is 108 Å². The van der Waals surface area contributed by atoms with Crippen LogP contribution in [0.2, 0.25) is 0 Å². The van der Waals surface area contributed by atoms with E-state index < -0.39 is 0 Å². The van der Waals surface area contributed by atoms with Crippen LogP contribution in [0.1, 0.15) is 4.88 Å². The van der Waals surface area contributed by atoms with E-state index in [1.807, 2.05) is 18.2 Å². The number of aromatic nitrogens is 1. The van der Waals surface area contributed by atoms with E-state index in [4.69, 9.17) is 14.7 Å². The van der Waals surface area contributed by atoms with Crippen LogP contribution in [-0.2, 0) is 0 Å². The van der Waals surface area contributed by atoms with Crippen molar-refractivity contribution in [2.75, 3.05) is 19.2 Å². The van der Waals surface area contributed by atoms with Gasteiger partial charge in [0.1, 0.15) is 16.6 Å². The highest BCUT2D eigenvalue weighted by Gasteiger charge is 2.17. The smallest absolute Gasteiger partial charge is 0.231 e. The molecule has 0 unspecified atom stereocenters. The zero-order valence-electron chi connectivity index (χ0n) is 9.56. The Morgan fingerprint density at radius 2 is 2.22 bits per heavy atom. The predicted molar refractivity (Wildman–Crippen MR) is 67.9 cm³/mol. The first-order chi connectivity index (χ1) is 8.81. The lowest BCUT2D eigenvalue weighted by molar-refractivity contribution is 0.174. The lowest BCUT2D eigenvalue weighted by atomic mass is 10.1. The second kappa shape index (κ2) is 4.20. The number of rotatable bonds is 2. The molecule has 1 aliphatic heterocycles. The Kier molecular flexibility index (Phi) is 2.54. The van der Waals surface area contributed by atoms with Gasteiger partial charge in [-0.3, -0.25) is 0 Å². The van der Waals surface area contributed by atoms with Crippen LogP contribution < -0.4 is 14.8 Å². The summed E-state index contributed by atoms with van der Waals surface area (Å²) in [6.07, 6.45) is 0. The van der Waals surface area contributed by atoms with Crippen molar-refractivity contribution >= 4 is 16.5 Å². The van der Waals surface area contributed by atoms with Crippen molar-refractivity contribution in [1.82, 2.24) is 4.98 Å². The lowest BCUT2D eigenvalue weighted by Gasteiger charge is -2.00. The predicted octanol–water partition coefficient (Wildman–Crippen LogP) is 2.45. The van der Waals surface area contributed by atoms with Gasteiger partial charge < -0.3 is 14.8 Å². The molecule has 18 heavy (non-hydrogen) atoms. The SMILES string of the molecule is CNc1nc(-c2ccc3c(c2)OCO3)c(C#N)s1. The van der Waals surface area contributed by atoms with Crippen LogP contribution in [0.4, 0.5) is 5.13 Å². The summed E-state index contributed by atoms with van der Waals surface area (Å²) in [5.41, 5.74) is 1.53. The summed E-state index contributed by atoms with van der Waals surface area (Å²) >= 11 is 1.33. The lowest BCUT2D eigenvalue weighted by Crippen LogP contribution is -1.92. The quantitative estimate of drug-likeness (QED) is 0.897. The Morgan fingerprint density at radius 1 is 1.39 bits per heavy atom. The minimum absolute atomic E-state index is 0.239.